The van der Waals surface area contributed by atoms with Gasteiger partial charge in [0.1, 0.15) is 0 Å². The van der Waals surface area contributed by atoms with E-state index in [-0.39, 0.29) is 11.5 Å². The van der Waals surface area contributed by atoms with Gasteiger partial charge in [-0.3, -0.25) is 9.78 Å². The van der Waals surface area contributed by atoms with Crippen LogP contribution in [0.2, 0.25) is 0 Å². The van der Waals surface area contributed by atoms with Gasteiger partial charge in [0.05, 0.1) is 36.9 Å². The van der Waals surface area contributed by atoms with Gasteiger partial charge >= 0.3 is 5.97 Å². The number of benzene rings is 1. The second-order valence-corrected chi connectivity index (χ2v) is 4.59. The summed E-state index contributed by atoms with van der Waals surface area (Å²) >= 11 is 0. The number of rotatable bonds is 4. The van der Waals surface area contributed by atoms with E-state index in [4.69, 9.17) is 14.6 Å². The van der Waals surface area contributed by atoms with Gasteiger partial charge in [0.2, 0.25) is 5.95 Å². The van der Waals surface area contributed by atoms with E-state index in [0.29, 0.717) is 22.4 Å². The van der Waals surface area contributed by atoms with Gasteiger partial charge in [-0.1, -0.05) is 0 Å². The average molecular weight is 316 g/mol. The minimum Gasteiger partial charge on any atom is -0.493 e. The molecular formula is C14H12N4O5. The number of aromatic amines is 1. The van der Waals surface area contributed by atoms with E-state index < -0.39 is 11.5 Å². The summed E-state index contributed by atoms with van der Waals surface area (Å²) in [6.45, 7) is 0. The lowest BCUT2D eigenvalue weighted by atomic mass is 10.2. The van der Waals surface area contributed by atoms with Crippen LogP contribution in [0.4, 0.5) is 0 Å². The minimum atomic E-state index is -1.12. The molecule has 0 saturated carbocycles. The zero-order valence-corrected chi connectivity index (χ0v) is 12.2. The van der Waals surface area contributed by atoms with Gasteiger partial charge in [-0.15, -0.1) is 0 Å². The van der Waals surface area contributed by atoms with E-state index >= 15 is 0 Å². The molecular weight excluding hydrogens is 304 g/mol. The van der Waals surface area contributed by atoms with Crippen molar-refractivity contribution in [1.82, 2.24) is 19.7 Å². The largest absolute Gasteiger partial charge is 0.493 e. The van der Waals surface area contributed by atoms with Crippen molar-refractivity contribution in [3.8, 4) is 17.4 Å². The topological polar surface area (TPSA) is 119 Å². The normalized spacial score (nSPS) is 10.7. The number of carbonyl (C=O) groups is 1. The number of hydrogen-bond donors (Lipinski definition) is 2. The van der Waals surface area contributed by atoms with Gasteiger partial charge in [-0.2, -0.15) is 5.10 Å². The van der Waals surface area contributed by atoms with Crippen LogP contribution >= 0.6 is 0 Å². The Balaban J connectivity index is 2.20. The third-order valence-corrected chi connectivity index (χ3v) is 3.24. The summed E-state index contributed by atoms with van der Waals surface area (Å²) < 4.78 is 11.5. The summed E-state index contributed by atoms with van der Waals surface area (Å²) in [7, 11) is 2.95. The number of methoxy groups -OCH3 is 2. The van der Waals surface area contributed by atoms with E-state index in [1.807, 2.05) is 0 Å². The van der Waals surface area contributed by atoms with Crippen LogP contribution in [0.25, 0.3) is 16.9 Å². The summed E-state index contributed by atoms with van der Waals surface area (Å²) in [4.78, 5) is 30.0. The number of carboxylic acid groups (broad SMARTS) is 1. The fourth-order valence-electron chi connectivity index (χ4n) is 2.11. The smallest absolute Gasteiger partial charge is 0.338 e. The Morgan fingerprint density at radius 1 is 1.26 bits per heavy atom. The summed E-state index contributed by atoms with van der Waals surface area (Å²) in [6, 6.07) is 3.09. The molecule has 0 aliphatic carbocycles. The van der Waals surface area contributed by atoms with Crippen molar-refractivity contribution < 1.29 is 19.4 Å². The van der Waals surface area contributed by atoms with Crippen LogP contribution in [0.5, 0.6) is 11.5 Å². The molecule has 0 aliphatic rings. The Kier molecular flexibility index (Phi) is 3.45. The molecule has 2 N–H and O–H groups in total. The lowest BCUT2D eigenvalue weighted by Crippen LogP contribution is -2.14. The first-order chi connectivity index (χ1) is 11.0. The monoisotopic (exact) mass is 316 g/mol. The minimum absolute atomic E-state index is 0.0138. The number of aromatic nitrogens is 4. The summed E-state index contributed by atoms with van der Waals surface area (Å²) in [6.07, 6.45) is 2.42. The third kappa shape index (κ3) is 2.48. The van der Waals surface area contributed by atoms with Gasteiger partial charge in [0.15, 0.2) is 11.5 Å². The molecule has 0 amide bonds. The number of carboxylic acids is 1. The SMILES string of the molecule is COc1cc2nc(-n3cc(C(=O)O)cn3)[nH]c(=O)c2cc1OC. The highest BCUT2D eigenvalue weighted by Gasteiger charge is 2.13. The quantitative estimate of drug-likeness (QED) is 0.731. The van der Waals surface area contributed by atoms with Gasteiger partial charge in [-0.25, -0.2) is 14.5 Å². The molecule has 0 radical (unpaired) electrons. The van der Waals surface area contributed by atoms with Gasteiger partial charge in [-0.05, 0) is 6.07 Å². The molecule has 9 heteroatoms. The molecule has 23 heavy (non-hydrogen) atoms. The lowest BCUT2D eigenvalue weighted by Gasteiger charge is -2.09. The van der Waals surface area contributed by atoms with Crippen molar-refractivity contribution in [2.24, 2.45) is 0 Å². The number of H-pyrrole nitrogens is 1. The maximum atomic E-state index is 12.2. The maximum Gasteiger partial charge on any atom is 0.338 e. The predicted molar refractivity (Wildman–Crippen MR) is 79.5 cm³/mol. The molecule has 0 fully saturated rings. The fraction of sp³-hybridized carbons (Fsp3) is 0.143. The summed E-state index contributed by atoms with van der Waals surface area (Å²) in [5, 5.41) is 13.1. The van der Waals surface area contributed by atoms with E-state index in [0.717, 1.165) is 0 Å². The first-order valence-electron chi connectivity index (χ1n) is 6.48. The maximum absolute atomic E-state index is 12.2. The van der Waals surface area contributed by atoms with Crippen LogP contribution in [-0.2, 0) is 0 Å². The Hall–Kier alpha value is -3.36. The van der Waals surface area contributed by atoms with E-state index in [1.165, 1.54) is 37.4 Å². The third-order valence-electron chi connectivity index (χ3n) is 3.24. The zero-order valence-electron chi connectivity index (χ0n) is 12.2. The molecule has 118 valence electrons. The Labute approximate surface area is 129 Å². The average Bonchev–Trinajstić information content (AvgIpc) is 3.03. The Bertz CT molecular complexity index is 959. The molecule has 9 nitrogen and oxygen atoms in total. The standard InChI is InChI=1S/C14H12N4O5/c1-22-10-3-8-9(4-11(10)23-2)16-14(17-12(8)19)18-6-7(5-15-18)13(20)21/h3-6H,1-2H3,(H,20,21)(H,16,17,19). The van der Waals surface area contributed by atoms with Crippen molar-refractivity contribution >= 4 is 16.9 Å². The van der Waals surface area contributed by atoms with Crippen molar-refractivity contribution in [1.29, 1.82) is 0 Å². The lowest BCUT2D eigenvalue weighted by molar-refractivity contribution is 0.0697. The van der Waals surface area contributed by atoms with E-state index in [9.17, 15) is 9.59 Å². The van der Waals surface area contributed by atoms with Crippen molar-refractivity contribution in [3.63, 3.8) is 0 Å². The first kappa shape index (κ1) is 14.6. The second kappa shape index (κ2) is 5.44. The van der Waals surface area contributed by atoms with E-state index in [2.05, 4.69) is 15.1 Å². The number of nitrogens with zero attached hydrogens (tertiary/aromatic N) is 3. The molecule has 3 rings (SSSR count). The molecule has 3 aromatic rings. The highest BCUT2D eigenvalue weighted by Crippen LogP contribution is 2.30. The van der Waals surface area contributed by atoms with Crippen LogP contribution in [0.1, 0.15) is 10.4 Å². The van der Waals surface area contributed by atoms with Crippen molar-refractivity contribution in [2.75, 3.05) is 14.2 Å². The fourth-order valence-corrected chi connectivity index (χ4v) is 2.11. The molecule has 1 aromatic carbocycles. The number of aromatic carboxylic acids is 1. The van der Waals surface area contributed by atoms with Gasteiger partial charge in [0.25, 0.3) is 5.56 Å². The van der Waals surface area contributed by atoms with Gasteiger partial charge < -0.3 is 14.6 Å². The molecule has 0 spiro atoms. The highest BCUT2D eigenvalue weighted by molar-refractivity contribution is 5.87. The van der Waals surface area contributed by atoms with Gasteiger partial charge in [0, 0.05) is 12.3 Å². The van der Waals surface area contributed by atoms with Crippen LogP contribution < -0.4 is 15.0 Å². The van der Waals surface area contributed by atoms with E-state index in [1.54, 1.807) is 6.07 Å². The molecule has 0 bridgehead atoms. The van der Waals surface area contributed by atoms with Crippen LogP contribution in [-0.4, -0.2) is 45.0 Å². The van der Waals surface area contributed by atoms with Crippen LogP contribution in [0.15, 0.2) is 29.3 Å². The number of nitrogens with one attached hydrogen (secondary N) is 1. The number of ether oxygens (including phenoxy) is 2. The second-order valence-electron chi connectivity index (χ2n) is 4.59. The van der Waals surface area contributed by atoms with Crippen LogP contribution in [0.3, 0.4) is 0 Å². The number of hydrogen-bond acceptors (Lipinski definition) is 6. The summed E-state index contributed by atoms with van der Waals surface area (Å²) in [5.74, 6) is -0.184. The van der Waals surface area contributed by atoms with Crippen molar-refractivity contribution in [2.45, 2.75) is 0 Å². The molecule has 2 heterocycles. The Morgan fingerprint density at radius 2 is 1.96 bits per heavy atom. The predicted octanol–water partition coefficient (Wildman–Crippen LogP) is 0.824. The molecule has 0 aliphatic heterocycles. The molecule has 2 aromatic heterocycles. The molecule has 0 atom stereocenters. The highest BCUT2D eigenvalue weighted by atomic mass is 16.5. The summed E-state index contributed by atoms with van der Waals surface area (Å²) in [5.41, 5.74) is -0.0489. The molecule has 0 unspecified atom stereocenters. The first-order valence-corrected chi connectivity index (χ1v) is 6.48. The van der Waals surface area contributed by atoms with Crippen molar-refractivity contribution in [3.05, 3.63) is 40.4 Å². The Morgan fingerprint density at radius 3 is 2.57 bits per heavy atom. The number of fused-ring (bicyclic) bond motifs is 1. The van der Waals surface area contributed by atoms with Crippen LogP contribution in [0, 0.1) is 0 Å². The zero-order chi connectivity index (χ0) is 16.6. The molecule has 0 saturated heterocycles.